The summed E-state index contributed by atoms with van der Waals surface area (Å²) in [6, 6.07) is 7.24. The maximum absolute atomic E-state index is 12.3. The van der Waals surface area contributed by atoms with E-state index in [1.54, 1.807) is 19.2 Å². The highest BCUT2D eigenvalue weighted by molar-refractivity contribution is 7.15. The highest BCUT2D eigenvalue weighted by Crippen LogP contribution is 2.27. The average molecular weight is 321 g/mol. The normalized spacial score (nSPS) is 11.8. The number of hydrogen-bond donors (Lipinski definition) is 1. The van der Waals surface area contributed by atoms with E-state index in [0.29, 0.717) is 23.1 Å². The highest BCUT2D eigenvalue weighted by Gasteiger charge is 2.21. The summed E-state index contributed by atoms with van der Waals surface area (Å²) >= 11 is 1.37. The van der Waals surface area contributed by atoms with Crippen molar-refractivity contribution in [3.63, 3.8) is 0 Å². The fraction of sp³-hybridized carbons (Fsp3) is 0.400. The van der Waals surface area contributed by atoms with Gasteiger partial charge in [-0.2, -0.15) is 0 Å². The third-order valence-electron chi connectivity index (χ3n) is 3.00. The maximum Gasteiger partial charge on any atom is 0.267 e. The molecule has 0 spiro atoms. The molecular weight excluding hydrogens is 302 g/mol. The van der Waals surface area contributed by atoms with E-state index < -0.39 is 6.10 Å². The number of benzene rings is 1. The summed E-state index contributed by atoms with van der Waals surface area (Å²) in [7, 11) is 1.57. The van der Waals surface area contributed by atoms with Crippen molar-refractivity contribution in [3.8, 4) is 11.5 Å². The molecule has 0 saturated carbocycles. The fourth-order valence-corrected chi connectivity index (χ4v) is 2.51. The largest absolute Gasteiger partial charge is 0.493 e. The number of carbonyl (C=O) groups excluding carboxylic acids is 1. The molecule has 6 nitrogen and oxygen atoms in total. The molecule has 0 fully saturated rings. The molecule has 1 heterocycles. The van der Waals surface area contributed by atoms with E-state index in [1.807, 2.05) is 26.0 Å². The Labute approximate surface area is 133 Å². The van der Waals surface area contributed by atoms with Gasteiger partial charge in [-0.3, -0.25) is 10.1 Å². The van der Waals surface area contributed by atoms with Crippen molar-refractivity contribution in [1.82, 2.24) is 10.2 Å². The van der Waals surface area contributed by atoms with Gasteiger partial charge in [0, 0.05) is 0 Å². The van der Waals surface area contributed by atoms with Crippen molar-refractivity contribution < 1.29 is 14.3 Å². The zero-order chi connectivity index (χ0) is 15.9. The smallest absolute Gasteiger partial charge is 0.267 e. The van der Waals surface area contributed by atoms with Crippen LogP contribution in [0.3, 0.4) is 0 Å². The second-order valence-electron chi connectivity index (χ2n) is 4.51. The molecule has 7 heteroatoms. The van der Waals surface area contributed by atoms with Crippen LogP contribution >= 0.6 is 11.3 Å². The standard InChI is InChI=1S/C15H19N3O3S/c1-4-10(21-12-9-7-6-8-11(12)20-3)14(19)16-15-18-17-13(5-2)22-15/h6-10H,4-5H2,1-3H3,(H,16,18,19). The lowest BCUT2D eigenvalue weighted by atomic mass is 10.2. The van der Waals surface area contributed by atoms with E-state index in [2.05, 4.69) is 15.5 Å². The predicted octanol–water partition coefficient (Wildman–Crippen LogP) is 2.91. The Balaban J connectivity index is 2.05. The van der Waals surface area contributed by atoms with Crippen molar-refractivity contribution in [2.45, 2.75) is 32.8 Å². The van der Waals surface area contributed by atoms with E-state index >= 15 is 0 Å². The quantitative estimate of drug-likeness (QED) is 0.849. The molecule has 0 radical (unpaired) electrons. The van der Waals surface area contributed by atoms with Crippen molar-refractivity contribution in [2.75, 3.05) is 12.4 Å². The first-order chi connectivity index (χ1) is 10.7. The Hall–Kier alpha value is -2.15. The Morgan fingerprint density at radius 3 is 2.59 bits per heavy atom. The van der Waals surface area contributed by atoms with E-state index in [0.717, 1.165) is 11.4 Å². The summed E-state index contributed by atoms with van der Waals surface area (Å²) < 4.78 is 11.0. The summed E-state index contributed by atoms with van der Waals surface area (Å²) in [4.78, 5) is 12.3. The minimum atomic E-state index is -0.620. The van der Waals surface area contributed by atoms with Gasteiger partial charge < -0.3 is 9.47 Å². The van der Waals surface area contributed by atoms with Gasteiger partial charge in [-0.1, -0.05) is 37.3 Å². The molecule has 0 aliphatic heterocycles. The van der Waals surface area contributed by atoms with Crippen LogP contribution in [0.4, 0.5) is 5.13 Å². The molecule has 0 bridgehead atoms. The molecule has 0 aliphatic rings. The van der Waals surface area contributed by atoms with E-state index in [9.17, 15) is 4.79 Å². The van der Waals surface area contributed by atoms with E-state index in [1.165, 1.54) is 11.3 Å². The number of para-hydroxylation sites is 2. The molecule has 1 amide bonds. The van der Waals surface area contributed by atoms with Crippen molar-refractivity contribution in [1.29, 1.82) is 0 Å². The summed E-state index contributed by atoms with van der Waals surface area (Å²) in [6.07, 6.45) is 0.705. The topological polar surface area (TPSA) is 73.3 Å². The number of nitrogens with one attached hydrogen (secondary N) is 1. The van der Waals surface area contributed by atoms with Crippen LogP contribution in [0.25, 0.3) is 0 Å². The van der Waals surface area contributed by atoms with Gasteiger partial charge in [-0.25, -0.2) is 0 Å². The van der Waals surface area contributed by atoms with Crippen LogP contribution in [0.15, 0.2) is 24.3 Å². The van der Waals surface area contributed by atoms with E-state index in [4.69, 9.17) is 9.47 Å². The number of anilines is 1. The maximum atomic E-state index is 12.3. The number of rotatable bonds is 7. The summed E-state index contributed by atoms with van der Waals surface area (Å²) in [6.45, 7) is 3.88. The molecule has 1 aromatic carbocycles. The molecule has 2 rings (SSSR count). The summed E-state index contributed by atoms with van der Waals surface area (Å²) in [5.41, 5.74) is 0. The zero-order valence-corrected chi connectivity index (χ0v) is 13.6. The number of hydrogen-bond acceptors (Lipinski definition) is 6. The molecule has 1 unspecified atom stereocenters. The second-order valence-corrected chi connectivity index (χ2v) is 5.57. The summed E-state index contributed by atoms with van der Waals surface area (Å²) in [5, 5.41) is 12.0. The number of aromatic nitrogens is 2. The lowest BCUT2D eigenvalue weighted by molar-refractivity contribution is -0.122. The predicted molar refractivity (Wildman–Crippen MR) is 85.6 cm³/mol. The third-order valence-corrected chi connectivity index (χ3v) is 3.98. The SMILES string of the molecule is CCc1nnc(NC(=O)C(CC)Oc2ccccc2OC)s1. The Kier molecular flexibility index (Phi) is 5.71. The first-order valence-corrected chi connectivity index (χ1v) is 7.92. The van der Waals surface area contributed by atoms with Gasteiger partial charge in [0.1, 0.15) is 5.01 Å². The average Bonchev–Trinajstić information content (AvgIpc) is 3.00. The van der Waals surface area contributed by atoms with Crippen LogP contribution in [0.1, 0.15) is 25.3 Å². The lowest BCUT2D eigenvalue weighted by Crippen LogP contribution is -2.32. The lowest BCUT2D eigenvalue weighted by Gasteiger charge is -2.18. The molecule has 2 aromatic rings. The molecule has 22 heavy (non-hydrogen) atoms. The molecule has 118 valence electrons. The van der Waals surface area contributed by atoms with Crippen molar-refractivity contribution in [3.05, 3.63) is 29.3 Å². The van der Waals surface area contributed by atoms with Crippen LogP contribution in [0.2, 0.25) is 0 Å². The second kappa shape index (κ2) is 7.74. The van der Waals surface area contributed by atoms with Crippen molar-refractivity contribution >= 4 is 22.4 Å². The van der Waals surface area contributed by atoms with Gasteiger partial charge in [-0.15, -0.1) is 10.2 Å². The number of nitrogens with zero attached hydrogens (tertiary/aromatic N) is 2. The third kappa shape index (κ3) is 3.94. The molecule has 0 saturated heterocycles. The van der Waals surface area contributed by atoms with Crippen LogP contribution in [0.5, 0.6) is 11.5 Å². The Bertz CT molecular complexity index is 630. The van der Waals surface area contributed by atoms with Crippen LogP contribution < -0.4 is 14.8 Å². The van der Waals surface area contributed by atoms with Crippen molar-refractivity contribution in [2.24, 2.45) is 0 Å². The summed E-state index contributed by atoms with van der Waals surface area (Å²) in [5.74, 6) is 0.892. The number of aryl methyl sites for hydroxylation is 1. The van der Waals surface area contributed by atoms with Gasteiger partial charge >= 0.3 is 0 Å². The monoisotopic (exact) mass is 321 g/mol. The van der Waals surface area contributed by atoms with Crippen LogP contribution in [-0.2, 0) is 11.2 Å². The fourth-order valence-electron chi connectivity index (χ4n) is 1.82. The van der Waals surface area contributed by atoms with Crippen LogP contribution in [0, 0.1) is 0 Å². The molecular formula is C15H19N3O3S. The van der Waals surface area contributed by atoms with E-state index in [-0.39, 0.29) is 5.91 Å². The van der Waals surface area contributed by atoms with Gasteiger partial charge in [0.05, 0.1) is 7.11 Å². The molecule has 1 atom stereocenters. The Morgan fingerprint density at radius 2 is 2.00 bits per heavy atom. The van der Waals surface area contributed by atoms with Gasteiger partial charge in [0.2, 0.25) is 5.13 Å². The van der Waals surface area contributed by atoms with Gasteiger partial charge in [0.15, 0.2) is 17.6 Å². The highest BCUT2D eigenvalue weighted by atomic mass is 32.1. The minimum absolute atomic E-state index is 0.243. The van der Waals surface area contributed by atoms with Gasteiger partial charge in [-0.05, 0) is 25.0 Å². The number of methoxy groups -OCH3 is 1. The molecule has 1 N–H and O–H groups in total. The number of amides is 1. The first kappa shape index (κ1) is 16.2. The molecule has 0 aliphatic carbocycles. The Morgan fingerprint density at radius 1 is 1.27 bits per heavy atom. The molecule has 1 aromatic heterocycles. The van der Waals surface area contributed by atoms with Gasteiger partial charge in [0.25, 0.3) is 5.91 Å². The minimum Gasteiger partial charge on any atom is -0.493 e. The number of ether oxygens (including phenoxy) is 2. The zero-order valence-electron chi connectivity index (χ0n) is 12.8. The first-order valence-electron chi connectivity index (χ1n) is 7.10. The van der Waals surface area contributed by atoms with Crippen LogP contribution in [-0.4, -0.2) is 29.3 Å². The number of carbonyl (C=O) groups is 1.